The number of nitrogens with one attached hydrogen (secondary N) is 1. The summed E-state index contributed by atoms with van der Waals surface area (Å²) >= 11 is 1.62. The van der Waals surface area contributed by atoms with Crippen molar-refractivity contribution in [1.29, 1.82) is 0 Å². The highest BCUT2D eigenvalue weighted by atomic mass is 32.1. The van der Waals surface area contributed by atoms with Gasteiger partial charge in [0.05, 0.1) is 0 Å². The number of carbonyl (C=O) groups is 1. The van der Waals surface area contributed by atoms with Crippen LogP contribution < -0.4 is 5.32 Å². The molecule has 92 valence electrons. The Morgan fingerprint density at radius 1 is 1.56 bits per heavy atom. The number of fused-ring (bicyclic) bond motifs is 1. The molecule has 0 amide bonds. The number of nitrogens with zero attached hydrogens (tertiary/aromatic N) is 3. The average molecular weight is 260 g/mol. The van der Waals surface area contributed by atoms with E-state index in [-0.39, 0.29) is 11.8 Å². The van der Waals surface area contributed by atoms with Crippen molar-refractivity contribution < 1.29 is 4.79 Å². The van der Waals surface area contributed by atoms with Crippen LogP contribution in [0.2, 0.25) is 0 Å². The Morgan fingerprint density at radius 2 is 2.39 bits per heavy atom. The molecule has 0 spiro atoms. The molecule has 1 unspecified atom stereocenters. The highest BCUT2D eigenvalue weighted by Crippen LogP contribution is 2.36. The van der Waals surface area contributed by atoms with Gasteiger partial charge in [0.1, 0.15) is 12.4 Å². The Morgan fingerprint density at radius 3 is 3.06 bits per heavy atom. The Bertz CT molecular complexity index is 626. The smallest absolute Gasteiger partial charge is 0.226 e. The number of allylic oxidation sites excluding steroid dienone is 2. The third kappa shape index (κ3) is 1.57. The van der Waals surface area contributed by atoms with Gasteiger partial charge in [0, 0.05) is 16.1 Å². The van der Waals surface area contributed by atoms with Crippen molar-refractivity contribution in [3.8, 4) is 0 Å². The lowest BCUT2D eigenvalue weighted by Crippen LogP contribution is -2.27. The maximum absolute atomic E-state index is 11.9. The minimum atomic E-state index is -0.166. The molecule has 1 aliphatic heterocycles. The Balaban J connectivity index is 2.21. The molecule has 0 bridgehead atoms. The molecule has 0 radical (unpaired) electrons. The minimum Gasteiger partial charge on any atom is -0.328 e. The molecule has 1 aliphatic rings. The first kappa shape index (κ1) is 11.2. The van der Waals surface area contributed by atoms with Crippen molar-refractivity contribution in [2.75, 3.05) is 5.32 Å². The lowest BCUT2D eigenvalue weighted by molar-refractivity contribution is -0.114. The molecule has 3 rings (SSSR count). The molecular formula is C12H12N4OS. The number of Topliss-reactive ketones (excluding diaryl/α,β-unsaturated/α-hetero) is 1. The lowest BCUT2D eigenvalue weighted by atomic mass is 9.98. The predicted molar refractivity (Wildman–Crippen MR) is 69.5 cm³/mol. The summed E-state index contributed by atoms with van der Waals surface area (Å²) in [5.41, 5.74) is 1.59. The molecule has 0 aliphatic carbocycles. The second-order valence-corrected chi connectivity index (χ2v) is 5.15. The molecule has 5 nitrogen and oxygen atoms in total. The predicted octanol–water partition coefficient (Wildman–Crippen LogP) is 2.22. The lowest BCUT2D eigenvalue weighted by Gasteiger charge is -2.26. The van der Waals surface area contributed by atoms with E-state index in [1.54, 1.807) is 22.9 Å². The maximum atomic E-state index is 11.9. The van der Waals surface area contributed by atoms with E-state index in [0.29, 0.717) is 5.95 Å². The molecule has 0 fully saturated rings. The highest BCUT2D eigenvalue weighted by Gasteiger charge is 2.31. The van der Waals surface area contributed by atoms with Crippen molar-refractivity contribution in [2.24, 2.45) is 0 Å². The standard InChI is InChI=1S/C12H12N4OS/c1-7-10(8(2)17)11(9-4-3-5-18-9)16-12(15-7)13-6-14-16/h3-6,11H,1-2H3,(H,13,14,15). The van der Waals surface area contributed by atoms with Gasteiger partial charge in [-0.3, -0.25) is 4.79 Å². The third-order valence-corrected chi connectivity index (χ3v) is 3.91. The summed E-state index contributed by atoms with van der Waals surface area (Å²) in [7, 11) is 0. The molecule has 0 saturated carbocycles. The first-order valence-corrected chi connectivity index (χ1v) is 6.48. The summed E-state index contributed by atoms with van der Waals surface area (Å²) in [4.78, 5) is 17.1. The topological polar surface area (TPSA) is 59.8 Å². The van der Waals surface area contributed by atoms with Crippen molar-refractivity contribution in [3.63, 3.8) is 0 Å². The molecule has 0 saturated heterocycles. The molecule has 2 aromatic rings. The van der Waals surface area contributed by atoms with Gasteiger partial charge in [0.25, 0.3) is 0 Å². The Kier molecular flexibility index (Phi) is 2.52. The van der Waals surface area contributed by atoms with Crippen molar-refractivity contribution >= 4 is 23.1 Å². The highest BCUT2D eigenvalue weighted by molar-refractivity contribution is 7.10. The number of rotatable bonds is 2. The van der Waals surface area contributed by atoms with Crippen LogP contribution in [0.15, 0.2) is 35.1 Å². The molecule has 2 aromatic heterocycles. The molecule has 1 atom stereocenters. The zero-order valence-corrected chi connectivity index (χ0v) is 10.9. The fraction of sp³-hybridized carbons (Fsp3) is 0.250. The van der Waals surface area contributed by atoms with Crippen LogP contribution in [-0.2, 0) is 4.79 Å². The number of anilines is 1. The van der Waals surface area contributed by atoms with E-state index in [4.69, 9.17) is 0 Å². The molecule has 3 heterocycles. The average Bonchev–Trinajstić information content (AvgIpc) is 2.96. The van der Waals surface area contributed by atoms with Gasteiger partial charge in [-0.15, -0.1) is 11.3 Å². The fourth-order valence-corrected chi connectivity index (χ4v) is 3.08. The van der Waals surface area contributed by atoms with E-state index in [1.807, 2.05) is 24.4 Å². The quantitative estimate of drug-likeness (QED) is 0.899. The van der Waals surface area contributed by atoms with E-state index < -0.39 is 0 Å². The summed E-state index contributed by atoms with van der Waals surface area (Å²) in [6, 6.07) is 3.83. The largest absolute Gasteiger partial charge is 0.328 e. The van der Waals surface area contributed by atoms with Gasteiger partial charge in [-0.25, -0.2) is 4.68 Å². The van der Waals surface area contributed by atoms with Crippen molar-refractivity contribution in [1.82, 2.24) is 14.8 Å². The summed E-state index contributed by atoms with van der Waals surface area (Å²) in [5.74, 6) is 0.732. The van der Waals surface area contributed by atoms with Crippen LogP contribution in [0.5, 0.6) is 0 Å². The normalized spacial score (nSPS) is 18.4. The molecule has 0 aromatic carbocycles. The van der Waals surface area contributed by atoms with Crippen LogP contribution in [-0.4, -0.2) is 20.5 Å². The van der Waals surface area contributed by atoms with Crippen LogP contribution in [0.25, 0.3) is 0 Å². The van der Waals surface area contributed by atoms with Gasteiger partial charge in [0.2, 0.25) is 5.95 Å². The second-order valence-electron chi connectivity index (χ2n) is 4.17. The third-order valence-electron chi connectivity index (χ3n) is 2.99. The number of carbonyl (C=O) groups excluding carboxylic acids is 1. The number of thiophene rings is 1. The zero-order chi connectivity index (χ0) is 12.7. The van der Waals surface area contributed by atoms with Crippen molar-refractivity contribution in [2.45, 2.75) is 19.9 Å². The van der Waals surface area contributed by atoms with Crippen LogP contribution in [0, 0.1) is 0 Å². The van der Waals surface area contributed by atoms with E-state index in [0.717, 1.165) is 16.1 Å². The van der Waals surface area contributed by atoms with E-state index in [1.165, 1.54) is 6.33 Å². The SMILES string of the molecule is CC(=O)C1=C(C)Nc2ncnn2C1c1cccs1. The van der Waals surface area contributed by atoms with Crippen LogP contribution >= 0.6 is 11.3 Å². The minimum absolute atomic E-state index is 0.0551. The molecule has 1 N–H and O–H groups in total. The van der Waals surface area contributed by atoms with E-state index >= 15 is 0 Å². The van der Waals surface area contributed by atoms with Crippen molar-refractivity contribution in [3.05, 3.63) is 40.0 Å². The molecule has 18 heavy (non-hydrogen) atoms. The van der Waals surface area contributed by atoms with Crippen LogP contribution in [0.4, 0.5) is 5.95 Å². The molecular weight excluding hydrogens is 248 g/mol. The molecule has 6 heteroatoms. The number of hydrogen-bond acceptors (Lipinski definition) is 5. The van der Waals surface area contributed by atoms with Gasteiger partial charge in [-0.05, 0) is 25.3 Å². The maximum Gasteiger partial charge on any atom is 0.226 e. The zero-order valence-electron chi connectivity index (χ0n) is 10.0. The summed E-state index contributed by atoms with van der Waals surface area (Å²) in [6.45, 7) is 3.48. The number of ketones is 1. The van der Waals surface area contributed by atoms with E-state index in [2.05, 4.69) is 15.4 Å². The Labute approximate surface area is 108 Å². The van der Waals surface area contributed by atoms with Gasteiger partial charge >= 0.3 is 0 Å². The fourth-order valence-electron chi connectivity index (χ4n) is 2.26. The first-order chi connectivity index (χ1) is 8.68. The second kappa shape index (κ2) is 4.06. The summed E-state index contributed by atoms with van der Waals surface area (Å²) in [6.07, 6.45) is 1.50. The monoisotopic (exact) mass is 260 g/mol. The van der Waals surface area contributed by atoms with E-state index in [9.17, 15) is 4.79 Å². The van der Waals surface area contributed by atoms with Gasteiger partial charge < -0.3 is 5.32 Å². The number of aromatic nitrogens is 3. The summed E-state index contributed by atoms with van der Waals surface area (Å²) < 4.78 is 1.76. The number of hydrogen-bond donors (Lipinski definition) is 1. The van der Waals surface area contributed by atoms with Gasteiger partial charge in [-0.2, -0.15) is 10.1 Å². The van der Waals surface area contributed by atoms with Crippen LogP contribution in [0.1, 0.15) is 24.8 Å². The first-order valence-electron chi connectivity index (χ1n) is 5.60. The van der Waals surface area contributed by atoms with Gasteiger partial charge in [-0.1, -0.05) is 6.07 Å². The van der Waals surface area contributed by atoms with Crippen LogP contribution in [0.3, 0.4) is 0 Å². The van der Waals surface area contributed by atoms with Gasteiger partial charge in [0.15, 0.2) is 5.78 Å². The summed E-state index contributed by atoms with van der Waals surface area (Å²) in [5, 5.41) is 9.34. The Hall–Kier alpha value is -1.95.